The van der Waals surface area contributed by atoms with Crippen LogP contribution in [-0.4, -0.2) is 132 Å². The fourth-order valence-electron chi connectivity index (χ4n) is 7.72. The first-order chi connectivity index (χ1) is 32.2. The molecule has 0 radical (unpaired) electrons. The molecule has 20 heteroatoms. The van der Waals surface area contributed by atoms with Crippen LogP contribution in [0.15, 0.2) is 71.7 Å². The van der Waals surface area contributed by atoms with E-state index >= 15 is 0 Å². The number of aliphatic imine (C=N–C) groups is 1. The van der Waals surface area contributed by atoms with Gasteiger partial charge in [0.1, 0.15) is 34.8 Å². The van der Waals surface area contributed by atoms with Crippen molar-refractivity contribution in [3.8, 4) is 11.1 Å². The fraction of sp³-hybridized carbons (Fsp3) is 0.426. The topological polar surface area (TPSA) is 250 Å². The number of nitrogens with zero attached hydrogens (tertiary/aromatic N) is 3. The second-order valence-corrected chi connectivity index (χ2v) is 18.7. The number of thiazole rings is 1. The van der Waals surface area contributed by atoms with Gasteiger partial charge < -0.3 is 46.6 Å². The molecule has 1 aliphatic carbocycles. The van der Waals surface area contributed by atoms with E-state index in [-0.39, 0.29) is 24.9 Å². The molecule has 3 aromatic carbocycles. The Morgan fingerprint density at radius 3 is 2.15 bits per heavy atom. The Hall–Kier alpha value is -6.38. The Morgan fingerprint density at radius 1 is 0.821 bits per heavy atom. The van der Waals surface area contributed by atoms with Crippen molar-refractivity contribution in [3.63, 3.8) is 0 Å². The van der Waals surface area contributed by atoms with Gasteiger partial charge in [0, 0.05) is 30.8 Å². The third-order valence-corrected chi connectivity index (χ3v) is 13.4. The molecular formula is C47H57N9O9S2. The van der Waals surface area contributed by atoms with E-state index in [0.717, 1.165) is 39.9 Å². The Kier molecular flexibility index (Phi) is 17.8. The summed E-state index contributed by atoms with van der Waals surface area (Å²) in [6, 6.07) is 17.1. The third-order valence-electron chi connectivity index (χ3n) is 11.2. The van der Waals surface area contributed by atoms with Crippen LogP contribution >= 0.6 is 23.1 Å². The molecule has 4 aromatic rings. The van der Waals surface area contributed by atoms with Gasteiger partial charge in [0.15, 0.2) is 6.04 Å². The molecule has 6 rings (SSSR count). The number of anilines is 1. The summed E-state index contributed by atoms with van der Waals surface area (Å²) in [7, 11) is 3.89. The summed E-state index contributed by atoms with van der Waals surface area (Å²) < 4.78 is 6.45. The van der Waals surface area contributed by atoms with Crippen molar-refractivity contribution in [1.29, 1.82) is 0 Å². The predicted octanol–water partition coefficient (Wildman–Crippen LogP) is 4.23. The van der Waals surface area contributed by atoms with Crippen LogP contribution in [0.4, 0.5) is 10.5 Å². The number of aromatic nitrogens is 1. The van der Waals surface area contributed by atoms with Gasteiger partial charge >= 0.3 is 12.1 Å². The molecule has 356 valence electrons. The normalized spacial score (nSPS) is 15.4. The molecule has 0 spiro atoms. The van der Waals surface area contributed by atoms with E-state index < -0.39 is 66.4 Å². The van der Waals surface area contributed by atoms with Gasteiger partial charge in [-0.2, -0.15) is 0 Å². The number of carboxylic acid groups (broad SMARTS) is 1. The van der Waals surface area contributed by atoms with E-state index in [1.807, 2.05) is 67.5 Å². The maximum Gasteiger partial charge on any atom is 0.407 e. The first kappa shape index (κ1) is 50.0. The predicted molar refractivity (Wildman–Crippen MR) is 258 cm³/mol. The molecule has 1 aliphatic heterocycles. The number of hydrogen-bond acceptors (Lipinski definition) is 13. The number of hydrogen-bond donors (Lipinski definition) is 7. The van der Waals surface area contributed by atoms with Gasteiger partial charge in [-0.1, -0.05) is 48.5 Å². The zero-order valence-electron chi connectivity index (χ0n) is 37.9. The van der Waals surface area contributed by atoms with Crippen molar-refractivity contribution in [1.82, 2.24) is 36.5 Å². The number of fused-ring (bicyclic) bond motifs is 4. The van der Waals surface area contributed by atoms with E-state index in [1.54, 1.807) is 18.2 Å². The number of unbranched alkanes of at least 4 members (excludes halogenated alkanes) is 2. The largest absolute Gasteiger partial charge is 0.480 e. The van der Waals surface area contributed by atoms with Crippen molar-refractivity contribution in [2.24, 2.45) is 4.99 Å². The number of carbonyl (C=O) groups is 7. The summed E-state index contributed by atoms with van der Waals surface area (Å²) in [6.45, 7) is 3.60. The van der Waals surface area contributed by atoms with Gasteiger partial charge in [0.05, 0.1) is 16.8 Å². The highest BCUT2D eigenvalue weighted by Crippen LogP contribution is 2.44. The van der Waals surface area contributed by atoms with Gasteiger partial charge in [0.2, 0.25) is 29.5 Å². The molecule has 67 heavy (non-hydrogen) atoms. The maximum atomic E-state index is 13.7. The first-order valence-electron chi connectivity index (χ1n) is 22.2. The lowest BCUT2D eigenvalue weighted by atomic mass is 9.98. The standard InChI is InChI=1S/C47H57N9O9S2/c1-27(41(59)52-37(17-9-11-21-48-28(2)57)43(61)51-29-19-20-35-39(23-29)67-45(53-35)44-54-38(26-66-44)46(62)63)50-40(58)24-49-42(60)36(18-10-12-22-56(3)4)55-47(64)65-25-34-32-15-7-5-13-30(32)31-14-6-8-16-33(31)34/h5-8,13-16,19-20,23,27,34,36-38H,9-12,17-18,21-22,24-26H2,1-4H3,(H,48,57)(H,49,60)(H,50,58)(H,51,61)(H,52,59)(H,55,64)(H,62,63)/t27-,36-,37-,38+/m0/s1. The average molecular weight is 956 g/mol. The third kappa shape index (κ3) is 14.1. The number of amides is 6. The Bertz CT molecular complexity index is 2450. The molecule has 1 aromatic heterocycles. The van der Waals surface area contributed by atoms with Crippen molar-refractivity contribution in [3.05, 3.63) is 82.9 Å². The lowest BCUT2D eigenvalue weighted by Gasteiger charge is -2.22. The number of carboxylic acids is 1. The second-order valence-electron chi connectivity index (χ2n) is 16.7. The van der Waals surface area contributed by atoms with Crippen molar-refractivity contribution >= 4 is 85.6 Å². The van der Waals surface area contributed by atoms with Gasteiger partial charge in [-0.15, -0.1) is 23.1 Å². The molecule has 2 heterocycles. The van der Waals surface area contributed by atoms with Crippen LogP contribution in [0.5, 0.6) is 0 Å². The number of alkyl carbamates (subject to hydrolysis) is 1. The summed E-state index contributed by atoms with van der Waals surface area (Å²) in [5.74, 6) is -3.45. The molecule has 7 N–H and O–H groups in total. The number of ether oxygens (including phenoxy) is 1. The lowest BCUT2D eigenvalue weighted by molar-refractivity contribution is -0.137. The smallest absolute Gasteiger partial charge is 0.407 e. The highest BCUT2D eigenvalue weighted by molar-refractivity contribution is 8.15. The fourth-order valence-corrected chi connectivity index (χ4v) is 9.82. The van der Waals surface area contributed by atoms with Crippen molar-refractivity contribution in [2.75, 3.05) is 51.4 Å². The highest BCUT2D eigenvalue weighted by atomic mass is 32.2. The zero-order valence-corrected chi connectivity index (χ0v) is 39.5. The molecule has 0 bridgehead atoms. The van der Waals surface area contributed by atoms with Crippen LogP contribution in [0.25, 0.3) is 21.3 Å². The molecule has 0 saturated carbocycles. The first-order valence-corrected chi connectivity index (χ1v) is 24.0. The van der Waals surface area contributed by atoms with E-state index in [4.69, 9.17) is 4.74 Å². The number of rotatable bonds is 23. The number of carbonyl (C=O) groups excluding carboxylic acids is 6. The minimum Gasteiger partial charge on any atom is -0.480 e. The monoisotopic (exact) mass is 955 g/mol. The van der Waals surface area contributed by atoms with Crippen LogP contribution in [0.1, 0.15) is 74.4 Å². The van der Waals surface area contributed by atoms with Crippen molar-refractivity contribution < 1.29 is 43.4 Å². The number of benzene rings is 3. The highest BCUT2D eigenvalue weighted by Gasteiger charge is 2.31. The Morgan fingerprint density at radius 2 is 1.49 bits per heavy atom. The molecule has 2 aliphatic rings. The van der Waals surface area contributed by atoms with Gasteiger partial charge in [-0.25, -0.2) is 14.6 Å². The maximum absolute atomic E-state index is 13.7. The zero-order chi connectivity index (χ0) is 48.0. The molecule has 18 nitrogen and oxygen atoms in total. The van der Waals surface area contributed by atoms with Gasteiger partial charge in [0.25, 0.3) is 0 Å². The van der Waals surface area contributed by atoms with Crippen LogP contribution in [0.2, 0.25) is 0 Å². The van der Waals surface area contributed by atoms with Crippen LogP contribution < -0.4 is 31.9 Å². The quantitative estimate of drug-likeness (QED) is 0.0517. The minimum atomic E-state index is -1.11. The second kappa shape index (κ2) is 23.9. The molecule has 0 saturated heterocycles. The van der Waals surface area contributed by atoms with Crippen LogP contribution in [0.3, 0.4) is 0 Å². The number of aliphatic carboxylic acids is 1. The molecule has 0 unspecified atom stereocenters. The van der Waals surface area contributed by atoms with E-state index in [9.17, 15) is 38.7 Å². The van der Waals surface area contributed by atoms with E-state index in [1.165, 1.54) is 36.9 Å². The van der Waals surface area contributed by atoms with Crippen LogP contribution in [-0.2, 0) is 33.5 Å². The summed E-state index contributed by atoms with van der Waals surface area (Å²) in [5.41, 5.74) is 5.36. The number of thioether (sulfide) groups is 1. The summed E-state index contributed by atoms with van der Waals surface area (Å²) in [4.78, 5) is 101. The molecule has 4 atom stereocenters. The Labute approximate surface area is 396 Å². The van der Waals surface area contributed by atoms with Gasteiger partial charge in [-0.3, -0.25) is 29.0 Å². The van der Waals surface area contributed by atoms with E-state index in [0.29, 0.717) is 59.2 Å². The Balaban J connectivity index is 1.02. The van der Waals surface area contributed by atoms with E-state index in [2.05, 4.69) is 41.9 Å². The molecule has 0 fully saturated rings. The minimum absolute atomic E-state index is 0.0649. The summed E-state index contributed by atoms with van der Waals surface area (Å²) in [6.07, 6.45) is 2.13. The summed E-state index contributed by atoms with van der Waals surface area (Å²) in [5, 5.41) is 26.6. The van der Waals surface area contributed by atoms with Crippen LogP contribution in [0, 0.1) is 0 Å². The molecular weight excluding hydrogens is 899 g/mol. The number of nitrogens with one attached hydrogen (secondary N) is 6. The average Bonchev–Trinajstić information content (AvgIpc) is 4.04. The van der Waals surface area contributed by atoms with Gasteiger partial charge in [-0.05, 0) is 107 Å². The SMILES string of the molecule is CC(=O)NCCCC[C@H](NC(=O)[C@H](C)NC(=O)CNC(=O)[C@H](CCCCN(C)C)NC(=O)OCC1c2ccccc2-c2ccccc21)C(=O)Nc1ccc2nc(C3=N[C@@H](C(=O)O)CS3)sc2c1. The lowest BCUT2D eigenvalue weighted by Crippen LogP contribution is -2.53. The van der Waals surface area contributed by atoms with Crippen molar-refractivity contribution in [2.45, 2.75) is 82.5 Å². The summed E-state index contributed by atoms with van der Waals surface area (Å²) >= 11 is 2.64. The molecule has 6 amide bonds.